The third-order valence-electron chi connectivity index (χ3n) is 5.01. The Morgan fingerprint density at radius 3 is 2.58 bits per heavy atom. The van der Waals surface area contributed by atoms with E-state index in [0.717, 1.165) is 11.1 Å². The van der Waals surface area contributed by atoms with Gasteiger partial charge >= 0.3 is 5.97 Å². The lowest BCUT2D eigenvalue weighted by atomic mass is 9.74. The topological polar surface area (TPSA) is 46.6 Å². The molecule has 1 heterocycles. The molecule has 0 radical (unpaired) electrons. The molecule has 4 atom stereocenters. The number of hydrogen-bond donors (Lipinski definition) is 0. The van der Waals surface area contributed by atoms with Crippen LogP contribution >= 0.6 is 11.6 Å². The fourth-order valence-electron chi connectivity index (χ4n) is 4.05. The first-order valence-corrected chi connectivity index (χ1v) is 8.71. The SMILES string of the molecule is CCOC(=O)[C@H]1[C@H]2C(=O)N(Cc3ccc(Cl)cc3)[C@H]1C(C)=C[C@@H]2C. The average molecular weight is 348 g/mol. The van der Waals surface area contributed by atoms with Gasteiger partial charge in [-0.05, 0) is 37.5 Å². The Morgan fingerprint density at radius 1 is 1.29 bits per heavy atom. The lowest BCUT2D eigenvalue weighted by molar-refractivity contribution is -0.151. The number of carbonyl (C=O) groups is 2. The first-order valence-electron chi connectivity index (χ1n) is 8.34. The molecule has 5 heteroatoms. The van der Waals surface area contributed by atoms with Crippen molar-refractivity contribution in [3.8, 4) is 0 Å². The summed E-state index contributed by atoms with van der Waals surface area (Å²) in [6.45, 7) is 6.60. The molecule has 3 rings (SSSR count). The van der Waals surface area contributed by atoms with Crippen LogP contribution in [0.1, 0.15) is 26.3 Å². The Labute approximate surface area is 147 Å². The summed E-state index contributed by atoms with van der Waals surface area (Å²) in [6.07, 6.45) is 2.12. The van der Waals surface area contributed by atoms with Gasteiger partial charge in [0.05, 0.1) is 24.5 Å². The van der Waals surface area contributed by atoms with Crippen LogP contribution in [-0.2, 0) is 20.9 Å². The van der Waals surface area contributed by atoms with Gasteiger partial charge in [-0.2, -0.15) is 0 Å². The van der Waals surface area contributed by atoms with Crippen LogP contribution in [0.5, 0.6) is 0 Å². The summed E-state index contributed by atoms with van der Waals surface area (Å²) in [5, 5.41) is 0.666. The summed E-state index contributed by atoms with van der Waals surface area (Å²) in [4.78, 5) is 27.3. The van der Waals surface area contributed by atoms with E-state index >= 15 is 0 Å². The van der Waals surface area contributed by atoms with Crippen molar-refractivity contribution in [2.75, 3.05) is 6.61 Å². The molecule has 1 fully saturated rings. The van der Waals surface area contributed by atoms with Crippen LogP contribution in [0.3, 0.4) is 0 Å². The van der Waals surface area contributed by atoms with E-state index in [0.29, 0.717) is 18.2 Å². The largest absolute Gasteiger partial charge is 0.466 e. The van der Waals surface area contributed by atoms with E-state index in [4.69, 9.17) is 16.3 Å². The molecule has 0 unspecified atom stereocenters. The third-order valence-corrected chi connectivity index (χ3v) is 5.27. The highest BCUT2D eigenvalue weighted by atomic mass is 35.5. The van der Waals surface area contributed by atoms with Crippen LogP contribution in [-0.4, -0.2) is 29.4 Å². The van der Waals surface area contributed by atoms with Crippen molar-refractivity contribution >= 4 is 23.5 Å². The molecule has 1 saturated heterocycles. The molecule has 2 aliphatic rings. The molecule has 0 saturated carbocycles. The highest BCUT2D eigenvalue weighted by Gasteiger charge is 2.56. The normalized spacial score (nSPS) is 28.8. The second-order valence-electron chi connectivity index (χ2n) is 6.61. The lowest BCUT2D eigenvalue weighted by Gasteiger charge is -2.31. The minimum absolute atomic E-state index is 0.0357. The number of halogens is 1. The molecule has 1 amide bonds. The Morgan fingerprint density at radius 2 is 1.96 bits per heavy atom. The van der Waals surface area contributed by atoms with Crippen LogP contribution in [0.15, 0.2) is 35.9 Å². The second kappa shape index (κ2) is 6.60. The van der Waals surface area contributed by atoms with Crippen LogP contribution in [0.2, 0.25) is 5.02 Å². The van der Waals surface area contributed by atoms with E-state index in [1.807, 2.05) is 43.0 Å². The number of allylic oxidation sites excluding steroid dienone is 1. The average Bonchev–Trinajstić information content (AvgIpc) is 2.78. The number of esters is 1. The molecule has 0 N–H and O–H groups in total. The van der Waals surface area contributed by atoms with Gasteiger partial charge in [-0.25, -0.2) is 0 Å². The number of fused-ring (bicyclic) bond motifs is 2. The second-order valence-corrected chi connectivity index (χ2v) is 7.05. The molecule has 4 nitrogen and oxygen atoms in total. The monoisotopic (exact) mass is 347 g/mol. The number of ether oxygens (including phenoxy) is 1. The van der Waals surface area contributed by atoms with Crippen LogP contribution < -0.4 is 0 Å². The van der Waals surface area contributed by atoms with Crippen molar-refractivity contribution in [1.82, 2.24) is 4.90 Å². The Balaban J connectivity index is 1.93. The highest BCUT2D eigenvalue weighted by molar-refractivity contribution is 6.30. The molecule has 1 aromatic carbocycles. The van der Waals surface area contributed by atoms with Gasteiger partial charge < -0.3 is 9.64 Å². The van der Waals surface area contributed by atoms with E-state index in [-0.39, 0.29) is 29.8 Å². The number of nitrogens with zero attached hydrogens (tertiary/aromatic N) is 1. The van der Waals surface area contributed by atoms with Crippen LogP contribution in [0.4, 0.5) is 0 Å². The highest BCUT2D eigenvalue weighted by Crippen LogP contribution is 2.45. The third kappa shape index (κ3) is 2.84. The van der Waals surface area contributed by atoms with E-state index in [1.54, 1.807) is 6.92 Å². The van der Waals surface area contributed by atoms with Crippen LogP contribution in [0, 0.1) is 17.8 Å². The standard InChI is InChI=1S/C19H22ClNO3/c1-4-24-19(23)16-15-11(2)9-12(3)17(16)21(18(15)22)10-13-5-7-14(20)8-6-13/h5-9,11,15-17H,4,10H2,1-3H3/t11-,15-,16-,17-/m0/s1. The maximum absolute atomic E-state index is 13.0. The summed E-state index contributed by atoms with van der Waals surface area (Å²) in [5.41, 5.74) is 2.07. The first-order chi connectivity index (χ1) is 11.4. The quantitative estimate of drug-likeness (QED) is 0.619. The molecule has 1 aliphatic heterocycles. The molecule has 0 aromatic heterocycles. The minimum atomic E-state index is -0.412. The van der Waals surface area contributed by atoms with Gasteiger partial charge in [0.15, 0.2) is 0 Å². The smallest absolute Gasteiger partial charge is 0.312 e. The lowest BCUT2D eigenvalue weighted by Crippen LogP contribution is -2.40. The van der Waals surface area contributed by atoms with Crippen molar-refractivity contribution in [3.05, 3.63) is 46.5 Å². The predicted octanol–water partition coefficient (Wildman–Crippen LogP) is 3.44. The molecule has 1 aromatic rings. The first kappa shape index (κ1) is 17.0. The van der Waals surface area contributed by atoms with Gasteiger partial charge in [-0.3, -0.25) is 9.59 Å². The van der Waals surface area contributed by atoms with E-state index in [1.165, 1.54) is 0 Å². The Hall–Kier alpha value is -1.81. The van der Waals surface area contributed by atoms with Gasteiger partial charge in [0.25, 0.3) is 0 Å². The van der Waals surface area contributed by atoms with Crippen molar-refractivity contribution in [3.63, 3.8) is 0 Å². The number of likely N-dealkylation sites (tertiary alicyclic amines) is 1. The molecular weight excluding hydrogens is 326 g/mol. The van der Waals surface area contributed by atoms with Crippen molar-refractivity contribution < 1.29 is 14.3 Å². The zero-order valence-electron chi connectivity index (χ0n) is 14.2. The fraction of sp³-hybridized carbons (Fsp3) is 0.474. The molecule has 24 heavy (non-hydrogen) atoms. The minimum Gasteiger partial charge on any atom is -0.466 e. The van der Waals surface area contributed by atoms with E-state index < -0.39 is 5.92 Å². The molecular formula is C19H22ClNO3. The summed E-state index contributed by atoms with van der Waals surface area (Å²) in [6, 6.07) is 7.25. The van der Waals surface area contributed by atoms with Gasteiger partial charge in [0.1, 0.15) is 0 Å². The van der Waals surface area contributed by atoms with Gasteiger partial charge in [-0.1, -0.05) is 42.3 Å². The van der Waals surface area contributed by atoms with Crippen LogP contribution in [0.25, 0.3) is 0 Å². The van der Waals surface area contributed by atoms with E-state index in [9.17, 15) is 9.59 Å². The predicted molar refractivity (Wildman–Crippen MR) is 92.3 cm³/mol. The number of carbonyl (C=O) groups excluding carboxylic acids is 2. The van der Waals surface area contributed by atoms with E-state index in [2.05, 4.69) is 6.08 Å². The number of amides is 1. The molecule has 128 valence electrons. The van der Waals surface area contributed by atoms with Crippen molar-refractivity contribution in [1.29, 1.82) is 0 Å². The summed E-state index contributed by atoms with van der Waals surface area (Å²) in [5.74, 6) is -0.930. The molecule has 2 bridgehead atoms. The Bertz CT molecular complexity index is 682. The molecule has 0 spiro atoms. The number of hydrogen-bond acceptors (Lipinski definition) is 3. The number of rotatable bonds is 4. The van der Waals surface area contributed by atoms with Gasteiger partial charge in [0, 0.05) is 11.6 Å². The zero-order chi connectivity index (χ0) is 17.4. The van der Waals surface area contributed by atoms with Crippen molar-refractivity contribution in [2.24, 2.45) is 17.8 Å². The molecule has 1 aliphatic carbocycles. The van der Waals surface area contributed by atoms with Crippen molar-refractivity contribution in [2.45, 2.75) is 33.4 Å². The summed E-state index contributed by atoms with van der Waals surface area (Å²) < 4.78 is 5.26. The fourth-order valence-corrected chi connectivity index (χ4v) is 4.17. The zero-order valence-corrected chi connectivity index (χ0v) is 14.9. The Kier molecular flexibility index (Phi) is 4.68. The summed E-state index contributed by atoms with van der Waals surface area (Å²) in [7, 11) is 0. The summed E-state index contributed by atoms with van der Waals surface area (Å²) >= 11 is 5.94. The maximum Gasteiger partial charge on any atom is 0.312 e. The van der Waals surface area contributed by atoms with Gasteiger partial charge in [0.2, 0.25) is 5.91 Å². The number of benzene rings is 1. The van der Waals surface area contributed by atoms with Gasteiger partial charge in [-0.15, -0.1) is 0 Å². The maximum atomic E-state index is 13.0.